The van der Waals surface area contributed by atoms with Crippen LogP contribution in [-0.4, -0.2) is 41.2 Å². The van der Waals surface area contributed by atoms with Gasteiger partial charge in [0.15, 0.2) is 6.61 Å². The molecule has 2 bridgehead atoms. The summed E-state index contributed by atoms with van der Waals surface area (Å²) in [5.74, 6) is -0.758. The standard InChI is InChI=1S/C24H26ClFN2O4/c25-18-8-7-17(10-19(18)26)32-14-22(30)28-24-11-16(12-24)20(13-24)27-23(31)21(29)9-6-15-4-2-1-3-5-15/h1-5,7-8,10,16,20-21,29H,6,9,11-14H2,(H,27,31)(H,28,30)/t16?,20-,21-,24?/m1/s1. The van der Waals surface area contributed by atoms with Crippen LogP contribution in [0.15, 0.2) is 48.5 Å². The molecule has 6 nitrogen and oxygen atoms in total. The van der Waals surface area contributed by atoms with Crippen LogP contribution in [0, 0.1) is 11.7 Å². The molecule has 0 aromatic heterocycles. The zero-order chi connectivity index (χ0) is 22.7. The normalized spacial score (nSPS) is 24.3. The van der Waals surface area contributed by atoms with Crippen LogP contribution in [0.4, 0.5) is 4.39 Å². The van der Waals surface area contributed by atoms with E-state index in [4.69, 9.17) is 16.3 Å². The summed E-state index contributed by atoms with van der Waals surface area (Å²) in [5.41, 5.74) is 0.719. The Hall–Kier alpha value is -2.64. The largest absolute Gasteiger partial charge is 0.484 e. The lowest BCUT2D eigenvalue weighted by atomic mass is 9.76. The first kappa shape index (κ1) is 22.6. The highest BCUT2D eigenvalue weighted by Crippen LogP contribution is 2.52. The summed E-state index contributed by atoms with van der Waals surface area (Å²) in [4.78, 5) is 24.7. The Morgan fingerprint density at radius 3 is 2.66 bits per heavy atom. The van der Waals surface area contributed by atoms with Crippen molar-refractivity contribution in [3.8, 4) is 5.75 Å². The van der Waals surface area contributed by atoms with Crippen molar-refractivity contribution in [1.29, 1.82) is 0 Å². The van der Waals surface area contributed by atoms with Crippen molar-refractivity contribution in [1.82, 2.24) is 10.6 Å². The second-order valence-electron chi connectivity index (χ2n) is 8.72. The third-order valence-electron chi connectivity index (χ3n) is 6.33. The summed E-state index contributed by atoms with van der Waals surface area (Å²) in [6.07, 6.45) is 2.10. The number of carbonyl (C=O) groups excluding carboxylic acids is 2. The molecule has 3 aliphatic carbocycles. The van der Waals surface area contributed by atoms with Crippen LogP contribution < -0.4 is 15.4 Å². The molecule has 0 saturated heterocycles. The van der Waals surface area contributed by atoms with Crippen LogP contribution in [0.25, 0.3) is 0 Å². The molecule has 170 valence electrons. The van der Waals surface area contributed by atoms with Crippen molar-refractivity contribution in [2.75, 3.05) is 6.61 Å². The van der Waals surface area contributed by atoms with Gasteiger partial charge in [-0.05, 0) is 55.7 Å². The van der Waals surface area contributed by atoms with Gasteiger partial charge in [-0.25, -0.2) is 4.39 Å². The number of aryl methyl sites for hydroxylation is 1. The van der Waals surface area contributed by atoms with Crippen molar-refractivity contribution >= 4 is 23.4 Å². The van der Waals surface area contributed by atoms with E-state index < -0.39 is 11.9 Å². The Balaban J connectivity index is 1.20. The number of carbonyl (C=O) groups is 2. The number of hydrogen-bond acceptors (Lipinski definition) is 4. The first-order valence-electron chi connectivity index (χ1n) is 10.7. The molecule has 32 heavy (non-hydrogen) atoms. The molecule has 5 rings (SSSR count). The lowest BCUT2D eigenvalue weighted by Crippen LogP contribution is -2.53. The van der Waals surface area contributed by atoms with E-state index in [1.165, 1.54) is 12.1 Å². The van der Waals surface area contributed by atoms with Gasteiger partial charge in [-0.1, -0.05) is 41.9 Å². The van der Waals surface area contributed by atoms with Gasteiger partial charge >= 0.3 is 0 Å². The summed E-state index contributed by atoms with van der Waals surface area (Å²) in [6, 6.07) is 13.7. The van der Waals surface area contributed by atoms with Crippen LogP contribution in [0.5, 0.6) is 5.75 Å². The van der Waals surface area contributed by atoms with Gasteiger partial charge in [0, 0.05) is 17.6 Å². The summed E-state index contributed by atoms with van der Waals surface area (Å²) in [5, 5.41) is 16.2. The molecular weight excluding hydrogens is 435 g/mol. The maximum atomic E-state index is 13.5. The maximum absolute atomic E-state index is 13.5. The Morgan fingerprint density at radius 2 is 1.94 bits per heavy atom. The fourth-order valence-corrected chi connectivity index (χ4v) is 4.83. The van der Waals surface area contributed by atoms with Gasteiger partial charge in [0.05, 0.1) is 5.02 Å². The number of nitrogens with one attached hydrogen (secondary N) is 2. The van der Waals surface area contributed by atoms with Crippen molar-refractivity contribution in [2.45, 2.75) is 49.8 Å². The van der Waals surface area contributed by atoms with Crippen LogP contribution >= 0.6 is 11.6 Å². The zero-order valence-corrected chi connectivity index (χ0v) is 18.3. The average Bonchev–Trinajstić information content (AvgIpc) is 3.27. The van der Waals surface area contributed by atoms with E-state index >= 15 is 0 Å². The Morgan fingerprint density at radius 1 is 1.19 bits per heavy atom. The topological polar surface area (TPSA) is 87.7 Å². The van der Waals surface area contributed by atoms with Gasteiger partial charge < -0.3 is 20.5 Å². The van der Waals surface area contributed by atoms with E-state index in [9.17, 15) is 19.1 Å². The van der Waals surface area contributed by atoms with E-state index in [1.54, 1.807) is 0 Å². The first-order valence-corrected chi connectivity index (χ1v) is 11.1. The van der Waals surface area contributed by atoms with E-state index in [0.717, 1.165) is 24.5 Å². The van der Waals surface area contributed by atoms with Crippen molar-refractivity contribution in [3.05, 3.63) is 64.9 Å². The van der Waals surface area contributed by atoms with Crippen LogP contribution in [0.2, 0.25) is 5.02 Å². The number of rotatable bonds is 9. The second-order valence-corrected chi connectivity index (χ2v) is 9.13. The zero-order valence-electron chi connectivity index (χ0n) is 17.5. The molecule has 3 saturated carbocycles. The maximum Gasteiger partial charge on any atom is 0.258 e. The molecule has 8 heteroatoms. The third kappa shape index (κ3) is 5.22. The Labute approximate surface area is 191 Å². The van der Waals surface area contributed by atoms with Crippen LogP contribution in [0.1, 0.15) is 31.2 Å². The summed E-state index contributed by atoms with van der Waals surface area (Å²) >= 11 is 5.64. The molecule has 0 spiro atoms. The molecule has 0 radical (unpaired) electrons. The van der Waals surface area contributed by atoms with Gasteiger partial charge in [0.1, 0.15) is 17.7 Å². The summed E-state index contributed by atoms with van der Waals surface area (Å²) < 4.78 is 18.8. The number of aliphatic hydroxyl groups excluding tert-OH is 1. The molecule has 3 N–H and O–H groups in total. The van der Waals surface area contributed by atoms with Crippen LogP contribution in [0.3, 0.4) is 0 Å². The number of fused-ring (bicyclic) bond motifs is 1. The summed E-state index contributed by atoms with van der Waals surface area (Å²) in [6.45, 7) is -0.233. The van der Waals surface area contributed by atoms with Crippen molar-refractivity contribution in [2.24, 2.45) is 5.92 Å². The number of ether oxygens (including phenoxy) is 1. The van der Waals surface area contributed by atoms with Gasteiger partial charge in [-0.15, -0.1) is 0 Å². The number of aliphatic hydroxyl groups is 1. The summed E-state index contributed by atoms with van der Waals surface area (Å²) in [7, 11) is 0. The highest BCUT2D eigenvalue weighted by atomic mass is 35.5. The Kier molecular flexibility index (Phi) is 6.67. The van der Waals surface area contributed by atoms with E-state index in [0.29, 0.717) is 19.3 Å². The first-order chi connectivity index (χ1) is 15.3. The number of benzene rings is 2. The molecule has 0 heterocycles. The molecule has 3 aliphatic rings. The second kappa shape index (κ2) is 9.46. The molecule has 2 atom stereocenters. The van der Waals surface area contributed by atoms with Gasteiger partial charge in [-0.2, -0.15) is 0 Å². The van der Waals surface area contributed by atoms with Crippen molar-refractivity contribution in [3.63, 3.8) is 0 Å². The monoisotopic (exact) mass is 460 g/mol. The number of amides is 2. The smallest absolute Gasteiger partial charge is 0.258 e. The minimum absolute atomic E-state index is 0.00886. The molecule has 2 aromatic carbocycles. The number of hydrogen-bond donors (Lipinski definition) is 3. The lowest BCUT2D eigenvalue weighted by Gasteiger charge is -2.39. The molecule has 2 amide bonds. The highest BCUT2D eigenvalue weighted by Gasteiger charge is 2.57. The molecular formula is C24H26ClFN2O4. The minimum Gasteiger partial charge on any atom is -0.484 e. The number of halogens is 2. The fourth-order valence-electron chi connectivity index (χ4n) is 4.71. The lowest BCUT2D eigenvalue weighted by molar-refractivity contribution is -0.130. The Bertz CT molecular complexity index is 981. The minimum atomic E-state index is -1.06. The van der Waals surface area contributed by atoms with E-state index in [-0.39, 0.29) is 46.7 Å². The molecule has 0 aliphatic heterocycles. The van der Waals surface area contributed by atoms with Gasteiger partial charge in [0.25, 0.3) is 5.91 Å². The highest BCUT2D eigenvalue weighted by molar-refractivity contribution is 6.30. The third-order valence-corrected chi connectivity index (χ3v) is 6.64. The quantitative estimate of drug-likeness (QED) is 0.537. The van der Waals surface area contributed by atoms with E-state index in [2.05, 4.69) is 10.6 Å². The molecule has 2 aromatic rings. The van der Waals surface area contributed by atoms with Crippen LogP contribution in [-0.2, 0) is 16.0 Å². The molecule has 3 fully saturated rings. The predicted molar refractivity (Wildman–Crippen MR) is 118 cm³/mol. The van der Waals surface area contributed by atoms with Gasteiger partial charge in [-0.3, -0.25) is 9.59 Å². The van der Waals surface area contributed by atoms with E-state index in [1.807, 2.05) is 30.3 Å². The fraction of sp³-hybridized carbons (Fsp3) is 0.417. The molecule has 0 unspecified atom stereocenters. The predicted octanol–water partition coefficient (Wildman–Crippen LogP) is 3.01. The average molecular weight is 461 g/mol. The van der Waals surface area contributed by atoms with Crippen molar-refractivity contribution < 1.29 is 23.8 Å². The SMILES string of the molecule is O=C(COc1ccc(Cl)c(F)c1)NC12CC(C1)[C@H](NC(=O)[C@H](O)CCc1ccccc1)C2. The van der Waals surface area contributed by atoms with Gasteiger partial charge in [0.2, 0.25) is 5.91 Å².